The predicted molar refractivity (Wildman–Crippen MR) is 112 cm³/mol. The van der Waals surface area contributed by atoms with Gasteiger partial charge in [0.2, 0.25) is 0 Å². The molecule has 144 valence electrons. The average molecular weight is 383 g/mol. The molecule has 0 N–H and O–H groups in total. The van der Waals surface area contributed by atoms with Gasteiger partial charge in [-0.15, -0.1) is 0 Å². The first-order valence-electron chi connectivity index (χ1n) is 10.4. The highest BCUT2D eigenvalue weighted by atomic mass is 32.2. The SMILES string of the molecule is CCOC1CCCCC1c1ccc(SOC2CC(c3ccccc3)C2)cc1. The molecule has 2 aliphatic carbocycles. The van der Waals surface area contributed by atoms with Crippen molar-refractivity contribution >= 4 is 12.0 Å². The first-order chi connectivity index (χ1) is 13.3. The second kappa shape index (κ2) is 9.27. The van der Waals surface area contributed by atoms with Crippen molar-refractivity contribution < 1.29 is 8.92 Å². The van der Waals surface area contributed by atoms with Crippen molar-refractivity contribution in [1.82, 2.24) is 0 Å². The van der Waals surface area contributed by atoms with E-state index >= 15 is 0 Å². The first kappa shape index (κ1) is 19.0. The Morgan fingerprint density at radius 1 is 0.889 bits per heavy atom. The molecule has 0 heterocycles. The van der Waals surface area contributed by atoms with E-state index in [0.29, 0.717) is 24.0 Å². The molecule has 27 heavy (non-hydrogen) atoms. The van der Waals surface area contributed by atoms with Gasteiger partial charge in [0.15, 0.2) is 0 Å². The van der Waals surface area contributed by atoms with Crippen molar-refractivity contribution in [2.45, 2.75) is 74.4 Å². The van der Waals surface area contributed by atoms with Gasteiger partial charge < -0.3 is 8.92 Å². The van der Waals surface area contributed by atoms with Gasteiger partial charge in [-0.3, -0.25) is 0 Å². The van der Waals surface area contributed by atoms with Crippen molar-refractivity contribution in [2.24, 2.45) is 0 Å². The van der Waals surface area contributed by atoms with Gasteiger partial charge in [0, 0.05) is 29.5 Å². The summed E-state index contributed by atoms with van der Waals surface area (Å²) in [5.74, 6) is 1.22. The van der Waals surface area contributed by atoms with Crippen LogP contribution in [0.25, 0.3) is 0 Å². The number of rotatable bonds is 7. The lowest BCUT2D eigenvalue weighted by atomic mass is 9.78. The molecular weight excluding hydrogens is 352 g/mol. The molecule has 2 aliphatic rings. The van der Waals surface area contributed by atoms with Gasteiger partial charge >= 0.3 is 0 Å². The highest BCUT2D eigenvalue weighted by Gasteiger charge is 2.31. The number of ether oxygens (including phenoxy) is 1. The maximum absolute atomic E-state index is 6.05. The van der Waals surface area contributed by atoms with Crippen molar-refractivity contribution in [3.05, 3.63) is 65.7 Å². The van der Waals surface area contributed by atoms with Crippen molar-refractivity contribution in [3.8, 4) is 0 Å². The fraction of sp³-hybridized carbons (Fsp3) is 0.500. The number of hydrogen-bond acceptors (Lipinski definition) is 3. The molecule has 0 spiro atoms. The fourth-order valence-electron chi connectivity index (χ4n) is 4.43. The lowest BCUT2D eigenvalue weighted by Crippen LogP contribution is -2.27. The summed E-state index contributed by atoms with van der Waals surface area (Å²) in [5, 5.41) is 0. The Morgan fingerprint density at radius 2 is 1.63 bits per heavy atom. The zero-order valence-electron chi connectivity index (χ0n) is 16.2. The third kappa shape index (κ3) is 4.77. The van der Waals surface area contributed by atoms with Crippen LogP contribution in [0.1, 0.15) is 68.4 Å². The van der Waals surface area contributed by atoms with Crippen LogP contribution in [0.3, 0.4) is 0 Å². The fourth-order valence-corrected chi connectivity index (χ4v) is 5.08. The van der Waals surface area contributed by atoms with E-state index < -0.39 is 0 Å². The molecule has 0 saturated heterocycles. The van der Waals surface area contributed by atoms with Crippen LogP contribution in [0.5, 0.6) is 0 Å². The summed E-state index contributed by atoms with van der Waals surface area (Å²) in [6.07, 6.45) is 8.09. The van der Waals surface area contributed by atoms with E-state index in [0.717, 1.165) is 19.4 Å². The van der Waals surface area contributed by atoms with Gasteiger partial charge in [-0.2, -0.15) is 0 Å². The van der Waals surface area contributed by atoms with Gasteiger partial charge in [-0.1, -0.05) is 55.3 Å². The van der Waals surface area contributed by atoms with Crippen LogP contribution in [0.15, 0.2) is 59.5 Å². The molecule has 2 fully saturated rings. The Kier molecular flexibility index (Phi) is 6.54. The van der Waals surface area contributed by atoms with E-state index in [1.165, 1.54) is 53.7 Å². The molecule has 0 radical (unpaired) electrons. The quantitative estimate of drug-likeness (QED) is 0.495. The Bertz CT molecular complexity index is 692. The molecule has 2 nitrogen and oxygen atoms in total. The van der Waals surface area contributed by atoms with Crippen LogP contribution in [-0.4, -0.2) is 18.8 Å². The van der Waals surface area contributed by atoms with Crippen molar-refractivity contribution in [1.29, 1.82) is 0 Å². The zero-order chi connectivity index (χ0) is 18.5. The van der Waals surface area contributed by atoms with Gasteiger partial charge in [0.05, 0.1) is 12.2 Å². The summed E-state index contributed by atoms with van der Waals surface area (Å²) in [7, 11) is 0. The first-order valence-corrected chi connectivity index (χ1v) is 11.2. The van der Waals surface area contributed by atoms with E-state index in [9.17, 15) is 0 Å². The summed E-state index contributed by atoms with van der Waals surface area (Å²) in [6.45, 7) is 2.92. The lowest BCUT2D eigenvalue weighted by Gasteiger charge is -2.34. The Hall–Kier alpha value is -1.29. The molecule has 2 unspecified atom stereocenters. The van der Waals surface area contributed by atoms with Crippen LogP contribution >= 0.6 is 12.0 Å². The summed E-state index contributed by atoms with van der Waals surface area (Å²) >= 11 is 1.54. The topological polar surface area (TPSA) is 18.5 Å². The van der Waals surface area contributed by atoms with E-state index in [4.69, 9.17) is 8.92 Å². The van der Waals surface area contributed by atoms with Crippen LogP contribution in [-0.2, 0) is 8.92 Å². The van der Waals surface area contributed by atoms with E-state index in [2.05, 4.69) is 61.5 Å². The molecule has 4 rings (SSSR count). The Morgan fingerprint density at radius 3 is 2.37 bits per heavy atom. The van der Waals surface area contributed by atoms with Gasteiger partial charge in [0.1, 0.15) is 0 Å². The maximum atomic E-state index is 6.05. The molecule has 3 heteroatoms. The minimum absolute atomic E-state index is 0.376. The van der Waals surface area contributed by atoms with Gasteiger partial charge in [0.25, 0.3) is 0 Å². The molecule has 0 aromatic heterocycles. The van der Waals surface area contributed by atoms with Crippen molar-refractivity contribution in [3.63, 3.8) is 0 Å². The van der Waals surface area contributed by atoms with Crippen LogP contribution < -0.4 is 0 Å². The second-order valence-corrected chi connectivity index (χ2v) is 8.66. The molecule has 2 aromatic rings. The highest BCUT2D eigenvalue weighted by molar-refractivity contribution is 7.94. The molecule has 2 atom stereocenters. The minimum atomic E-state index is 0.376. The summed E-state index contributed by atoms with van der Waals surface area (Å²) in [6, 6.07) is 19.8. The minimum Gasteiger partial charge on any atom is -0.378 e. The average Bonchev–Trinajstić information content (AvgIpc) is 2.69. The number of benzene rings is 2. The Labute approximate surface area is 167 Å². The highest BCUT2D eigenvalue weighted by Crippen LogP contribution is 2.41. The number of hydrogen-bond donors (Lipinski definition) is 0. The normalized spacial score (nSPS) is 27.9. The molecular formula is C24H30O2S. The van der Waals surface area contributed by atoms with E-state index in [1.807, 2.05) is 0 Å². The largest absolute Gasteiger partial charge is 0.378 e. The van der Waals surface area contributed by atoms with E-state index in [1.54, 1.807) is 0 Å². The molecule has 2 saturated carbocycles. The third-order valence-corrected chi connectivity index (χ3v) is 6.87. The molecule has 0 amide bonds. The molecule has 0 aliphatic heterocycles. The van der Waals surface area contributed by atoms with Crippen LogP contribution in [0.4, 0.5) is 0 Å². The van der Waals surface area contributed by atoms with Gasteiger partial charge in [-0.05, 0) is 61.8 Å². The smallest absolute Gasteiger partial charge is 0.0738 e. The van der Waals surface area contributed by atoms with Crippen LogP contribution in [0, 0.1) is 0 Å². The monoisotopic (exact) mass is 382 g/mol. The molecule has 0 bridgehead atoms. The molecule has 2 aromatic carbocycles. The zero-order valence-corrected chi connectivity index (χ0v) is 17.0. The summed E-state index contributed by atoms with van der Waals surface area (Å²) in [4.78, 5) is 1.20. The standard InChI is InChI=1S/C24H30O2S/c1-2-25-24-11-7-6-10-23(24)19-12-14-22(15-13-19)27-26-21-16-20(17-21)18-8-4-3-5-9-18/h3-5,8-9,12-15,20-21,23-24H,2,6-7,10-11,16-17H2,1H3. The second-order valence-electron chi connectivity index (χ2n) is 7.83. The van der Waals surface area contributed by atoms with Crippen LogP contribution in [0.2, 0.25) is 0 Å². The van der Waals surface area contributed by atoms with Crippen molar-refractivity contribution in [2.75, 3.05) is 6.61 Å². The van der Waals surface area contributed by atoms with E-state index in [-0.39, 0.29) is 0 Å². The predicted octanol–water partition coefficient (Wildman–Crippen LogP) is 6.72. The Balaban J connectivity index is 1.26. The summed E-state index contributed by atoms with van der Waals surface area (Å²) < 4.78 is 12.1. The maximum Gasteiger partial charge on any atom is 0.0738 e. The summed E-state index contributed by atoms with van der Waals surface area (Å²) in [5.41, 5.74) is 2.87. The van der Waals surface area contributed by atoms with Gasteiger partial charge in [-0.25, -0.2) is 0 Å². The third-order valence-electron chi connectivity index (χ3n) is 6.04. The lowest BCUT2D eigenvalue weighted by molar-refractivity contribution is 0.0207.